The van der Waals surface area contributed by atoms with Crippen molar-refractivity contribution in [1.29, 1.82) is 0 Å². The number of nitrogens with zero attached hydrogens (tertiary/aromatic N) is 1. The Morgan fingerprint density at radius 1 is 0.914 bits per heavy atom. The van der Waals surface area contributed by atoms with Crippen LogP contribution in [0.25, 0.3) is 11.1 Å². The van der Waals surface area contributed by atoms with Crippen molar-refractivity contribution in [1.82, 2.24) is 4.98 Å². The molecule has 0 atom stereocenters. The number of nitrogens with one attached hydrogen (secondary N) is 1. The first kappa shape index (κ1) is 24.0. The standard InChI is InChI=1S/C28H24F3N3O/c1-18-5-16-24(25(17-18)20-9-11-21(12-10-20)28(29,30)31)27(35)34-23-14-7-19(8-15-23)6-13-22-3-2-4-26(32)33-22/h2-5,7-12,14-17H,6,13H2,1H3,(H2,32,33)(H,34,35). The highest BCUT2D eigenvalue weighted by molar-refractivity contribution is 6.08. The number of carbonyl (C=O) groups excluding carboxylic acids is 1. The van der Waals surface area contributed by atoms with E-state index in [2.05, 4.69) is 10.3 Å². The van der Waals surface area contributed by atoms with Crippen LogP contribution in [0.5, 0.6) is 0 Å². The lowest BCUT2D eigenvalue weighted by Gasteiger charge is -2.13. The summed E-state index contributed by atoms with van der Waals surface area (Å²) < 4.78 is 38.8. The van der Waals surface area contributed by atoms with Crippen molar-refractivity contribution < 1.29 is 18.0 Å². The van der Waals surface area contributed by atoms with Crippen molar-refractivity contribution in [3.8, 4) is 11.1 Å². The number of hydrogen-bond acceptors (Lipinski definition) is 3. The molecule has 3 N–H and O–H groups in total. The Morgan fingerprint density at radius 2 is 1.63 bits per heavy atom. The van der Waals surface area contributed by atoms with E-state index in [1.54, 1.807) is 24.3 Å². The summed E-state index contributed by atoms with van der Waals surface area (Å²) in [5, 5.41) is 2.88. The number of pyridine rings is 1. The minimum absolute atomic E-state index is 0.336. The molecular formula is C28H24F3N3O. The van der Waals surface area contributed by atoms with Crippen LogP contribution in [0.4, 0.5) is 24.7 Å². The SMILES string of the molecule is Cc1ccc(C(=O)Nc2ccc(CCc3cccc(N)n3)cc2)c(-c2ccc(C(F)(F)F)cc2)c1. The second-order valence-corrected chi connectivity index (χ2v) is 8.33. The maximum Gasteiger partial charge on any atom is 0.416 e. The summed E-state index contributed by atoms with van der Waals surface area (Å²) in [5.74, 6) is 0.156. The highest BCUT2D eigenvalue weighted by atomic mass is 19.4. The smallest absolute Gasteiger partial charge is 0.384 e. The van der Waals surface area contributed by atoms with E-state index in [1.807, 2.05) is 43.3 Å². The lowest BCUT2D eigenvalue weighted by Crippen LogP contribution is -2.13. The molecule has 4 nitrogen and oxygen atoms in total. The molecule has 1 amide bonds. The molecule has 35 heavy (non-hydrogen) atoms. The molecule has 0 saturated heterocycles. The van der Waals surface area contributed by atoms with Crippen molar-refractivity contribution in [3.63, 3.8) is 0 Å². The number of benzene rings is 3. The van der Waals surface area contributed by atoms with E-state index in [9.17, 15) is 18.0 Å². The van der Waals surface area contributed by atoms with Crippen LogP contribution < -0.4 is 11.1 Å². The minimum atomic E-state index is -4.41. The van der Waals surface area contributed by atoms with Gasteiger partial charge >= 0.3 is 6.18 Å². The zero-order valence-electron chi connectivity index (χ0n) is 19.1. The number of alkyl halides is 3. The maximum atomic E-state index is 13.1. The Labute approximate surface area is 201 Å². The van der Waals surface area contributed by atoms with Gasteiger partial charge in [-0.2, -0.15) is 13.2 Å². The highest BCUT2D eigenvalue weighted by Gasteiger charge is 2.30. The van der Waals surface area contributed by atoms with Gasteiger partial charge < -0.3 is 11.1 Å². The summed E-state index contributed by atoms with van der Waals surface area (Å²) in [6.45, 7) is 1.87. The second kappa shape index (κ2) is 10.0. The summed E-state index contributed by atoms with van der Waals surface area (Å²) in [6, 6.07) is 23.2. The van der Waals surface area contributed by atoms with E-state index >= 15 is 0 Å². The number of anilines is 2. The summed E-state index contributed by atoms with van der Waals surface area (Å²) >= 11 is 0. The average molecular weight is 476 g/mol. The normalized spacial score (nSPS) is 11.3. The molecule has 0 saturated carbocycles. The van der Waals surface area contributed by atoms with Gasteiger partial charge in [0.05, 0.1) is 5.56 Å². The van der Waals surface area contributed by atoms with Gasteiger partial charge in [-0.3, -0.25) is 4.79 Å². The predicted molar refractivity (Wildman–Crippen MR) is 132 cm³/mol. The number of aryl methyl sites for hydroxylation is 3. The van der Waals surface area contributed by atoms with Crippen LogP contribution in [0.15, 0.2) is 84.9 Å². The van der Waals surface area contributed by atoms with Crippen LogP contribution in [0.2, 0.25) is 0 Å². The number of nitrogen functional groups attached to an aromatic ring is 1. The summed E-state index contributed by atoms with van der Waals surface area (Å²) in [6.07, 6.45) is -2.89. The molecular weight excluding hydrogens is 451 g/mol. The Bertz CT molecular complexity index is 1330. The van der Waals surface area contributed by atoms with Gasteiger partial charge in [-0.15, -0.1) is 0 Å². The van der Waals surface area contributed by atoms with E-state index in [0.717, 1.165) is 41.8 Å². The molecule has 0 aliphatic rings. The van der Waals surface area contributed by atoms with Gasteiger partial charge in [-0.1, -0.05) is 48.0 Å². The number of halogens is 3. The van der Waals surface area contributed by atoms with Crippen LogP contribution in [0, 0.1) is 6.92 Å². The van der Waals surface area contributed by atoms with Crippen LogP contribution in [0.3, 0.4) is 0 Å². The third-order valence-electron chi connectivity index (χ3n) is 5.65. The topological polar surface area (TPSA) is 68.0 Å². The highest BCUT2D eigenvalue weighted by Crippen LogP contribution is 2.32. The van der Waals surface area contributed by atoms with Gasteiger partial charge in [0, 0.05) is 16.9 Å². The van der Waals surface area contributed by atoms with Crippen LogP contribution in [0.1, 0.15) is 32.7 Å². The summed E-state index contributed by atoms with van der Waals surface area (Å²) in [5.41, 5.74) is 10.0. The molecule has 1 heterocycles. The monoisotopic (exact) mass is 475 g/mol. The largest absolute Gasteiger partial charge is 0.416 e. The maximum absolute atomic E-state index is 13.1. The molecule has 4 aromatic rings. The Kier molecular flexibility index (Phi) is 6.87. The van der Waals surface area contributed by atoms with E-state index < -0.39 is 11.7 Å². The molecule has 0 unspecified atom stereocenters. The first-order valence-electron chi connectivity index (χ1n) is 11.1. The first-order chi connectivity index (χ1) is 16.7. The molecule has 0 radical (unpaired) electrons. The van der Waals surface area contributed by atoms with Crippen molar-refractivity contribution in [3.05, 3.63) is 113 Å². The number of carbonyl (C=O) groups is 1. The fraction of sp³-hybridized carbons (Fsp3) is 0.143. The fourth-order valence-electron chi connectivity index (χ4n) is 3.80. The molecule has 3 aromatic carbocycles. The fourth-order valence-corrected chi connectivity index (χ4v) is 3.80. The number of rotatable bonds is 6. The number of nitrogens with two attached hydrogens (primary N) is 1. The Balaban J connectivity index is 1.48. The van der Waals surface area contributed by atoms with E-state index in [4.69, 9.17) is 5.73 Å². The zero-order valence-corrected chi connectivity index (χ0v) is 19.1. The van der Waals surface area contributed by atoms with Crippen molar-refractivity contribution >= 4 is 17.4 Å². The van der Waals surface area contributed by atoms with Crippen LogP contribution in [-0.4, -0.2) is 10.9 Å². The van der Waals surface area contributed by atoms with Gasteiger partial charge in [-0.05, 0) is 78.9 Å². The molecule has 7 heteroatoms. The molecule has 178 valence electrons. The van der Waals surface area contributed by atoms with Gasteiger partial charge in [0.2, 0.25) is 0 Å². The molecule has 4 rings (SSSR count). The zero-order chi connectivity index (χ0) is 25.0. The van der Waals surface area contributed by atoms with Crippen LogP contribution in [-0.2, 0) is 19.0 Å². The summed E-state index contributed by atoms with van der Waals surface area (Å²) in [4.78, 5) is 17.4. The Morgan fingerprint density at radius 3 is 2.29 bits per heavy atom. The molecule has 0 aliphatic carbocycles. The van der Waals surface area contributed by atoms with Gasteiger partial charge in [0.15, 0.2) is 0 Å². The van der Waals surface area contributed by atoms with Gasteiger partial charge in [0.25, 0.3) is 5.91 Å². The molecule has 0 fully saturated rings. The lowest BCUT2D eigenvalue weighted by atomic mass is 9.96. The predicted octanol–water partition coefficient (Wildman–Crippen LogP) is 6.70. The van der Waals surface area contributed by atoms with Crippen molar-refractivity contribution in [2.45, 2.75) is 25.9 Å². The third kappa shape index (κ3) is 6.06. The summed E-state index contributed by atoms with van der Waals surface area (Å²) in [7, 11) is 0. The van der Waals surface area contributed by atoms with Gasteiger partial charge in [-0.25, -0.2) is 4.98 Å². The molecule has 0 spiro atoms. The number of amides is 1. The second-order valence-electron chi connectivity index (χ2n) is 8.33. The molecule has 1 aromatic heterocycles. The average Bonchev–Trinajstić information content (AvgIpc) is 2.83. The van der Waals surface area contributed by atoms with E-state index in [-0.39, 0.29) is 5.91 Å². The Hall–Kier alpha value is -4.13. The van der Waals surface area contributed by atoms with Crippen molar-refractivity contribution in [2.24, 2.45) is 0 Å². The quantitative estimate of drug-likeness (QED) is 0.326. The van der Waals surface area contributed by atoms with Crippen molar-refractivity contribution in [2.75, 3.05) is 11.1 Å². The van der Waals surface area contributed by atoms with E-state index in [0.29, 0.717) is 28.2 Å². The third-order valence-corrected chi connectivity index (χ3v) is 5.65. The number of aromatic nitrogens is 1. The minimum Gasteiger partial charge on any atom is -0.384 e. The van der Waals surface area contributed by atoms with Gasteiger partial charge in [0.1, 0.15) is 5.82 Å². The number of hydrogen-bond donors (Lipinski definition) is 2. The lowest BCUT2D eigenvalue weighted by molar-refractivity contribution is -0.137. The van der Waals surface area contributed by atoms with E-state index in [1.165, 1.54) is 12.1 Å². The van der Waals surface area contributed by atoms with Crippen LogP contribution >= 0.6 is 0 Å². The molecule has 0 aliphatic heterocycles. The first-order valence-corrected chi connectivity index (χ1v) is 11.1. The molecule has 0 bridgehead atoms.